The first-order chi connectivity index (χ1) is 5.20. The summed E-state index contributed by atoms with van der Waals surface area (Å²) < 4.78 is 5.12. The highest BCUT2D eigenvalue weighted by Gasteiger charge is 2.08. The molecule has 1 unspecified atom stereocenters. The molecule has 66 valence electrons. The maximum atomic E-state index is 10.7. The van der Waals surface area contributed by atoms with Crippen molar-refractivity contribution >= 4 is 17.5 Å². The maximum Gasteiger partial charge on any atom is 0.132 e. The zero-order valence-corrected chi connectivity index (χ0v) is 8.24. The monoisotopic (exact) mass is 176 g/mol. The van der Waals surface area contributed by atoms with Gasteiger partial charge in [-0.05, 0) is 12.7 Å². The van der Waals surface area contributed by atoms with E-state index in [4.69, 9.17) is 4.74 Å². The molecule has 0 rings (SSSR count). The third-order valence-corrected chi connectivity index (χ3v) is 2.37. The molecule has 0 amide bonds. The van der Waals surface area contributed by atoms with Gasteiger partial charge in [0.25, 0.3) is 0 Å². The van der Waals surface area contributed by atoms with Crippen molar-refractivity contribution in [3.63, 3.8) is 0 Å². The van der Waals surface area contributed by atoms with Gasteiger partial charge in [0.15, 0.2) is 0 Å². The Labute approximate surface area is 72.7 Å². The molecule has 1 atom stereocenters. The second kappa shape index (κ2) is 6.68. The predicted molar refractivity (Wildman–Crippen MR) is 49.1 cm³/mol. The normalized spacial score (nSPS) is 13.0. The van der Waals surface area contributed by atoms with E-state index in [1.165, 1.54) is 0 Å². The summed E-state index contributed by atoms with van der Waals surface area (Å²) >= 11 is 1.81. The highest BCUT2D eigenvalue weighted by Crippen LogP contribution is 2.07. The van der Waals surface area contributed by atoms with E-state index < -0.39 is 0 Å². The van der Waals surface area contributed by atoms with Crippen molar-refractivity contribution in [3.8, 4) is 0 Å². The molecule has 0 fully saturated rings. The molecule has 0 aromatic carbocycles. The Hall–Kier alpha value is -0.0200. The van der Waals surface area contributed by atoms with Crippen LogP contribution in [0.25, 0.3) is 0 Å². The van der Waals surface area contributed by atoms with Crippen molar-refractivity contribution in [3.05, 3.63) is 0 Å². The zero-order chi connectivity index (χ0) is 8.69. The van der Waals surface area contributed by atoms with Crippen LogP contribution in [0.15, 0.2) is 0 Å². The molecule has 3 heteroatoms. The van der Waals surface area contributed by atoms with Crippen molar-refractivity contribution in [2.24, 2.45) is 0 Å². The van der Waals surface area contributed by atoms with E-state index >= 15 is 0 Å². The van der Waals surface area contributed by atoms with Gasteiger partial charge < -0.3 is 4.74 Å². The zero-order valence-electron chi connectivity index (χ0n) is 7.42. The molecule has 0 aliphatic heterocycles. The Morgan fingerprint density at radius 3 is 2.64 bits per heavy atom. The number of ketones is 1. The van der Waals surface area contributed by atoms with Crippen LogP contribution in [0.4, 0.5) is 0 Å². The van der Waals surface area contributed by atoms with Gasteiger partial charge in [-0.2, -0.15) is 11.8 Å². The average molecular weight is 176 g/mol. The lowest BCUT2D eigenvalue weighted by Crippen LogP contribution is -2.17. The maximum absolute atomic E-state index is 10.7. The number of Topliss-reactive ketones (excluding diaryl/α,β-unsaturated/α-hetero) is 1. The van der Waals surface area contributed by atoms with Crippen molar-refractivity contribution in [2.45, 2.75) is 26.4 Å². The average Bonchev–Trinajstić information content (AvgIpc) is 1.97. The van der Waals surface area contributed by atoms with Gasteiger partial charge in [-0.25, -0.2) is 0 Å². The summed E-state index contributed by atoms with van der Waals surface area (Å²) in [5, 5.41) is 0. The summed E-state index contributed by atoms with van der Waals surface area (Å²) in [4.78, 5) is 10.7. The molecule has 11 heavy (non-hydrogen) atoms. The number of hydrogen-bond donors (Lipinski definition) is 0. The quantitative estimate of drug-likeness (QED) is 0.616. The largest absolute Gasteiger partial charge is 0.380 e. The van der Waals surface area contributed by atoms with Gasteiger partial charge in [0, 0.05) is 19.3 Å². The number of carbonyl (C=O) groups excluding carboxylic acids is 1. The summed E-state index contributed by atoms with van der Waals surface area (Å²) in [6, 6.07) is 0. The van der Waals surface area contributed by atoms with E-state index in [9.17, 15) is 4.79 Å². The molecule has 0 saturated heterocycles. The number of hydrogen-bond acceptors (Lipinski definition) is 3. The van der Waals surface area contributed by atoms with E-state index in [1.807, 2.05) is 0 Å². The lowest BCUT2D eigenvalue weighted by Gasteiger charge is -2.11. The summed E-state index contributed by atoms with van der Waals surface area (Å²) in [5.74, 6) is 2.21. The Bertz CT molecular complexity index is 115. The number of methoxy groups -OCH3 is 1. The van der Waals surface area contributed by atoms with Crippen LogP contribution in [-0.2, 0) is 9.53 Å². The Morgan fingerprint density at radius 1 is 1.64 bits per heavy atom. The van der Waals surface area contributed by atoms with Crippen LogP contribution in [0.1, 0.15) is 20.3 Å². The fraction of sp³-hybridized carbons (Fsp3) is 0.875. The van der Waals surface area contributed by atoms with Gasteiger partial charge in [0.2, 0.25) is 0 Å². The number of carbonyl (C=O) groups is 1. The van der Waals surface area contributed by atoms with E-state index in [0.29, 0.717) is 6.42 Å². The van der Waals surface area contributed by atoms with Gasteiger partial charge in [0.05, 0.1) is 6.10 Å². The molecule has 0 N–H and O–H groups in total. The molecule has 0 heterocycles. The molecule has 0 spiro atoms. The molecule has 0 aliphatic rings. The topological polar surface area (TPSA) is 26.3 Å². The van der Waals surface area contributed by atoms with Crippen molar-refractivity contribution in [1.82, 2.24) is 0 Å². The smallest absolute Gasteiger partial charge is 0.132 e. The number of rotatable bonds is 6. The van der Waals surface area contributed by atoms with Gasteiger partial charge >= 0.3 is 0 Å². The van der Waals surface area contributed by atoms with Gasteiger partial charge in [-0.1, -0.05) is 6.92 Å². The fourth-order valence-corrected chi connectivity index (χ4v) is 1.53. The third-order valence-electron chi connectivity index (χ3n) is 1.36. The predicted octanol–water partition coefficient (Wildman–Crippen LogP) is 1.73. The lowest BCUT2D eigenvalue weighted by atomic mass is 10.2. The minimum atomic E-state index is 0.109. The van der Waals surface area contributed by atoms with E-state index in [-0.39, 0.29) is 11.9 Å². The summed E-state index contributed by atoms with van der Waals surface area (Å²) in [6.07, 6.45) is 0.654. The third kappa shape index (κ3) is 6.38. The van der Waals surface area contributed by atoms with Crippen LogP contribution in [-0.4, -0.2) is 30.5 Å². The van der Waals surface area contributed by atoms with Gasteiger partial charge in [-0.3, -0.25) is 4.79 Å². The van der Waals surface area contributed by atoms with Crippen LogP contribution >= 0.6 is 11.8 Å². The molecular formula is C8H16O2S. The highest BCUT2D eigenvalue weighted by molar-refractivity contribution is 7.99. The van der Waals surface area contributed by atoms with Crippen LogP contribution < -0.4 is 0 Å². The second-order valence-electron chi connectivity index (χ2n) is 2.42. The van der Waals surface area contributed by atoms with Gasteiger partial charge in [-0.15, -0.1) is 0 Å². The molecule has 2 nitrogen and oxygen atoms in total. The molecule has 0 saturated carbocycles. The Kier molecular flexibility index (Phi) is 6.66. The number of ether oxygens (including phenoxy) is 1. The summed E-state index contributed by atoms with van der Waals surface area (Å²) in [5.41, 5.74) is 0. The summed E-state index contributed by atoms with van der Waals surface area (Å²) in [7, 11) is 1.66. The molecule has 0 radical (unpaired) electrons. The minimum absolute atomic E-state index is 0.109. The summed E-state index contributed by atoms with van der Waals surface area (Å²) in [6.45, 7) is 3.70. The first-order valence-corrected chi connectivity index (χ1v) is 4.96. The first-order valence-electron chi connectivity index (χ1n) is 3.80. The van der Waals surface area contributed by atoms with E-state index in [2.05, 4.69) is 6.92 Å². The lowest BCUT2D eigenvalue weighted by molar-refractivity contribution is -0.119. The SMILES string of the molecule is CCSCC(CC(C)=O)OC. The fourth-order valence-electron chi connectivity index (χ4n) is 0.780. The minimum Gasteiger partial charge on any atom is -0.380 e. The van der Waals surface area contributed by atoms with Crippen molar-refractivity contribution in [1.29, 1.82) is 0 Å². The highest BCUT2D eigenvalue weighted by atomic mass is 32.2. The van der Waals surface area contributed by atoms with Crippen molar-refractivity contribution < 1.29 is 9.53 Å². The van der Waals surface area contributed by atoms with Crippen LogP contribution in [0, 0.1) is 0 Å². The Balaban J connectivity index is 3.49. The molecule has 0 aliphatic carbocycles. The van der Waals surface area contributed by atoms with Crippen LogP contribution in [0.2, 0.25) is 0 Å². The molecule has 0 bridgehead atoms. The molecule has 0 aromatic rings. The van der Waals surface area contributed by atoms with E-state index in [0.717, 1.165) is 11.5 Å². The molecular weight excluding hydrogens is 160 g/mol. The molecule has 0 aromatic heterocycles. The van der Waals surface area contributed by atoms with Crippen LogP contribution in [0.5, 0.6) is 0 Å². The van der Waals surface area contributed by atoms with E-state index in [1.54, 1.807) is 25.8 Å². The van der Waals surface area contributed by atoms with Crippen molar-refractivity contribution in [2.75, 3.05) is 18.6 Å². The van der Waals surface area contributed by atoms with Gasteiger partial charge in [0.1, 0.15) is 5.78 Å². The standard InChI is InChI=1S/C8H16O2S/c1-4-11-6-8(10-3)5-7(2)9/h8H,4-6H2,1-3H3. The second-order valence-corrected chi connectivity index (χ2v) is 3.74. The van der Waals surface area contributed by atoms with Crippen LogP contribution in [0.3, 0.4) is 0 Å². The Morgan fingerprint density at radius 2 is 2.27 bits per heavy atom. The first kappa shape index (κ1) is 11.0. The number of thioether (sulfide) groups is 1.